The lowest BCUT2D eigenvalue weighted by molar-refractivity contribution is 0.0511. The first-order valence-electron chi connectivity index (χ1n) is 10.1. The first-order valence-corrected chi connectivity index (χ1v) is 10.1. The van der Waals surface area contributed by atoms with Gasteiger partial charge < -0.3 is 14.6 Å². The summed E-state index contributed by atoms with van der Waals surface area (Å²) in [7, 11) is 1.59. The minimum atomic E-state index is -1.45. The topological polar surface area (TPSA) is 93.4 Å². The van der Waals surface area contributed by atoms with E-state index in [2.05, 4.69) is 25.3 Å². The summed E-state index contributed by atoms with van der Waals surface area (Å²) < 4.78 is 25.6. The van der Waals surface area contributed by atoms with Crippen LogP contribution in [0, 0.1) is 0 Å². The second kappa shape index (κ2) is 9.22. The van der Waals surface area contributed by atoms with Crippen molar-refractivity contribution < 1.29 is 18.4 Å². The van der Waals surface area contributed by atoms with Gasteiger partial charge in [-0.1, -0.05) is 5.16 Å². The summed E-state index contributed by atoms with van der Waals surface area (Å²) in [6.07, 6.45) is 5.67. The number of aromatic nitrogens is 3. The van der Waals surface area contributed by atoms with Crippen LogP contribution in [0.2, 0.25) is 0 Å². The number of benzene rings is 1. The molecule has 0 atom stereocenters. The quantitative estimate of drug-likeness (QED) is 0.622. The molecule has 1 fully saturated rings. The molecule has 3 aromatic rings. The zero-order valence-corrected chi connectivity index (χ0v) is 17.3. The number of hydrogen-bond acceptors (Lipinski definition) is 7. The number of carbonyl (C=O) groups excluding carboxylic acids is 1. The van der Waals surface area contributed by atoms with Crippen molar-refractivity contribution in [2.24, 2.45) is 0 Å². The average Bonchev–Trinajstić information content (AvgIpc) is 3.31. The molecule has 2 aromatic heterocycles. The van der Waals surface area contributed by atoms with Crippen LogP contribution in [-0.4, -0.2) is 58.3 Å². The molecule has 1 saturated heterocycles. The number of halogens is 1. The third-order valence-corrected chi connectivity index (χ3v) is 5.44. The van der Waals surface area contributed by atoms with Crippen molar-refractivity contribution in [3.63, 3.8) is 0 Å². The summed E-state index contributed by atoms with van der Waals surface area (Å²) in [5, 5.41) is 6.48. The van der Waals surface area contributed by atoms with Crippen LogP contribution in [0.25, 0.3) is 11.3 Å². The van der Waals surface area contributed by atoms with Gasteiger partial charge >= 0.3 is 0 Å². The molecule has 0 saturated carbocycles. The van der Waals surface area contributed by atoms with Crippen LogP contribution in [0.4, 0.5) is 4.39 Å². The molecule has 3 heterocycles. The van der Waals surface area contributed by atoms with Gasteiger partial charge in [-0.2, -0.15) is 0 Å². The van der Waals surface area contributed by atoms with Gasteiger partial charge in [-0.3, -0.25) is 19.7 Å². The molecule has 31 heavy (non-hydrogen) atoms. The highest BCUT2D eigenvalue weighted by molar-refractivity contribution is 5.93. The number of hydrogen-bond donors (Lipinski definition) is 1. The molecule has 1 amide bonds. The number of methoxy groups -OCH3 is 1. The van der Waals surface area contributed by atoms with E-state index in [1.165, 1.54) is 0 Å². The zero-order valence-electron chi connectivity index (χ0n) is 17.3. The molecule has 0 spiro atoms. The number of likely N-dealkylation sites (tertiary alicyclic amines) is 1. The maximum atomic E-state index is 15.2. The molecular formula is C22H24FN5O3. The maximum absolute atomic E-state index is 15.2. The Kier molecular flexibility index (Phi) is 6.22. The number of ether oxygens (including phenoxy) is 1. The zero-order chi connectivity index (χ0) is 21.7. The van der Waals surface area contributed by atoms with Crippen LogP contribution in [-0.2, 0) is 6.54 Å². The van der Waals surface area contributed by atoms with E-state index in [-0.39, 0.29) is 12.2 Å². The van der Waals surface area contributed by atoms with E-state index in [1.54, 1.807) is 43.9 Å². The van der Waals surface area contributed by atoms with Crippen LogP contribution >= 0.6 is 0 Å². The largest absolute Gasteiger partial charge is 0.497 e. The summed E-state index contributed by atoms with van der Waals surface area (Å²) in [5.74, 6) is 0.722. The normalized spacial score (nSPS) is 16.1. The third-order valence-electron chi connectivity index (χ3n) is 5.44. The van der Waals surface area contributed by atoms with Gasteiger partial charge in [0.25, 0.3) is 5.91 Å². The highest BCUT2D eigenvalue weighted by Crippen LogP contribution is 2.27. The van der Waals surface area contributed by atoms with E-state index < -0.39 is 11.6 Å². The van der Waals surface area contributed by atoms with E-state index in [4.69, 9.17) is 9.26 Å². The highest BCUT2D eigenvalue weighted by Gasteiger charge is 2.35. The van der Waals surface area contributed by atoms with Crippen LogP contribution in [0.15, 0.2) is 53.4 Å². The molecule has 0 unspecified atom stereocenters. The van der Waals surface area contributed by atoms with Crippen molar-refractivity contribution in [2.75, 3.05) is 26.7 Å². The Hall–Kier alpha value is -3.33. The molecular weight excluding hydrogens is 401 g/mol. The van der Waals surface area contributed by atoms with Crippen molar-refractivity contribution in [2.45, 2.75) is 25.1 Å². The Morgan fingerprint density at radius 1 is 1.26 bits per heavy atom. The lowest BCUT2D eigenvalue weighted by atomic mass is 9.93. The average molecular weight is 425 g/mol. The lowest BCUT2D eigenvalue weighted by Gasteiger charge is -2.36. The van der Waals surface area contributed by atoms with E-state index in [1.807, 2.05) is 12.1 Å². The standard InChI is InChI=1S/C22H24FN5O3/c1-30-18-4-2-16(3-5-18)20-12-19(27-31-20)21(29)26-15-22(23)6-10-28(11-7-22)14-17-13-24-8-9-25-17/h2-5,8-9,12-13H,6-7,10-11,14-15H2,1H3,(H,26,29). The SMILES string of the molecule is COc1ccc(-c2cc(C(=O)NCC3(F)CCN(Cc4cnccn4)CC3)no2)cc1. The van der Waals surface area contributed by atoms with Crippen LogP contribution in [0.5, 0.6) is 5.75 Å². The monoisotopic (exact) mass is 425 g/mol. The van der Waals surface area contributed by atoms with Gasteiger partial charge in [-0.15, -0.1) is 0 Å². The Morgan fingerprint density at radius 2 is 2.03 bits per heavy atom. The summed E-state index contributed by atoms with van der Waals surface area (Å²) in [6.45, 7) is 1.77. The van der Waals surface area contributed by atoms with Gasteiger partial charge in [0.15, 0.2) is 11.5 Å². The van der Waals surface area contributed by atoms with E-state index in [0.717, 1.165) is 17.0 Å². The summed E-state index contributed by atoms with van der Waals surface area (Å²) in [4.78, 5) is 22.9. The molecule has 1 aromatic carbocycles. The molecule has 0 bridgehead atoms. The van der Waals surface area contributed by atoms with Gasteiger partial charge in [-0.25, -0.2) is 4.39 Å². The van der Waals surface area contributed by atoms with Gasteiger partial charge in [0, 0.05) is 49.9 Å². The number of nitrogens with zero attached hydrogens (tertiary/aromatic N) is 4. The van der Waals surface area contributed by atoms with Crippen molar-refractivity contribution in [1.82, 2.24) is 25.3 Å². The molecule has 9 heteroatoms. The fraction of sp³-hybridized carbons (Fsp3) is 0.364. The summed E-state index contributed by atoms with van der Waals surface area (Å²) in [6, 6.07) is 8.76. The smallest absolute Gasteiger partial charge is 0.273 e. The predicted molar refractivity (Wildman–Crippen MR) is 111 cm³/mol. The van der Waals surface area contributed by atoms with Crippen LogP contribution < -0.4 is 10.1 Å². The number of carbonyl (C=O) groups is 1. The van der Waals surface area contributed by atoms with Crippen molar-refractivity contribution in [3.05, 3.63) is 60.3 Å². The molecule has 1 aliphatic heterocycles. The number of amides is 1. The minimum Gasteiger partial charge on any atom is -0.497 e. The van der Waals surface area contributed by atoms with Crippen molar-refractivity contribution in [1.29, 1.82) is 0 Å². The molecule has 1 N–H and O–H groups in total. The number of alkyl halides is 1. The number of rotatable bonds is 7. The fourth-order valence-corrected chi connectivity index (χ4v) is 3.53. The predicted octanol–water partition coefficient (Wildman–Crippen LogP) is 2.87. The molecule has 0 aliphatic carbocycles. The number of piperidine rings is 1. The van der Waals surface area contributed by atoms with E-state index >= 15 is 4.39 Å². The van der Waals surface area contributed by atoms with Crippen LogP contribution in [0.1, 0.15) is 29.0 Å². The third kappa shape index (κ3) is 5.24. The van der Waals surface area contributed by atoms with E-state index in [0.29, 0.717) is 38.2 Å². The molecule has 1 aliphatic rings. The van der Waals surface area contributed by atoms with Gasteiger partial charge in [-0.05, 0) is 37.1 Å². The van der Waals surface area contributed by atoms with E-state index in [9.17, 15) is 4.79 Å². The minimum absolute atomic E-state index is 0.0600. The van der Waals surface area contributed by atoms with Gasteiger partial charge in [0.1, 0.15) is 11.4 Å². The molecule has 4 rings (SSSR count). The Bertz CT molecular complexity index is 1000. The fourth-order valence-electron chi connectivity index (χ4n) is 3.53. The van der Waals surface area contributed by atoms with Crippen LogP contribution in [0.3, 0.4) is 0 Å². The van der Waals surface area contributed by atoms with Gasteiger partial charge in [0.2, 0.25) is 0 Å². The highest BCUT2D eigenvalue weighted by atomic mass is 19.1. The Morgan fingerprint density at radius 3 is 2.71 bits per heavy atom. The summed E-state index contributed by atoms with van der Waals surface area (Å²) in [5.41, 5.74) is 0.303. The van der Waals surface area contributed by atoms with Crippen molar-refractivity contribution >= 4 is 5.91 Å². The maximum Gasteiger partial charge on any atom is 0.273 e. The van der Waals surface area contributed by atoms with Gasteiger partial charge in [0.05, 0.1) is 19.3 Å². The first-order chi connectivity index (χ1) is 15.0. The lowest BCUT2D eigenvalue weighted by Crippen LogP contribution is -2.48. The number of nitrogens with one attached hydrogen (secondary N) is 1. The first kappa shape index (κ1) is 20.9. The molecule has 0 radical (unpaired) electrons. The molecule has 8 nitrogen and oxygen atoms in total. The Labute approximate surface area is 179 Å². The summed E-state index contributed by atoms with van der Waals surface area (Å²) >= 11 is 0. The Balaban J connectivity index is 1.28. The second-order valence-corrected chi connectivity index (χ2v) is 7.61. The second-order valence-electron chi connectivity index (χ2n) is 7.61. The molecule has 162 valence electrons. The van der Waals surface area contributed by atoms with Crippen molar-refractivity contribution in [3.8, 4) is 17.1 Å².